The number of halogens is 1. The molecule has 4 heterocycles. The van der Waals surface area contributed by atoms with Crippen molar-refractivity contribution in [1.29, 1.82) is 0 Å². The summed E-state index contributed by atoms with van der Waals surface area (Å²) in [6, 6.07) is 11.3. The van der Waals surface area contributed by atoms with Crippen LogP contribution < -0.4 is 18.9 Å². The van der Waals surface area contributed by atoms with Crippen LogP contribution >= 0.6 is 11.6 Å². The molecule has 0 spiro atoms. The molecule has 4 aliphatic rings. The van der Waals surface area contributed by atoms with E-state index in [2.05, 4.69) is 15.9 Å². The van der Waals surface area contributed by atoms with Crippen molar-refractivity contribution < 1.29 is 33.6 Å². The van der Waals surface area contributed by atoms with Crippen LogP contribution in [0.3, 0.4) is 0 Å². The molecule has 0 atom stereocenters. The summed E-state index contributed by atoms with van der Waals surface area (Å²) in [4.78, 5) is 18.2. The Labute approximate surface area is 242 Å². The molecular formula is C31H29ClN2O7. The minimum atomic E-state index is -0.229. The minimum absolute atomic E-state index is 0.124. The highest BCUT2D eigenvalue weighted by Crippen LogP contribution is 2.43. The summed E-state index contributed by atoms with van der Waals surface area (Å²) in [6.07, 6.45) is 1.66. The smallest absolute Gasteiger partial charge is 0.232 e. The average Bonchev–Trinajstić information content (AvgIpc) is 3.56. The van der Waals surface area contributed by atoms with Crippen molar-refractivity contribution in [2.24, 2.45) is 0 Å². The van der Waals surface area contributed by atoms with Crippen molar-refractivity contribution in [3.05, 3.63) is 80.6 Å². The van der Waals surface area contributed by atoms with Gasteiger partial charge in [-0.1, -0.05) is 17.7 Å². The molecule has 212 valence electrons. The Morgan fingerprint density at radius 1 is 0.927 bits per heavy atom. The first-order chi connectivity index (χ1) is 19.9. The van der Waals surface area contributed by atoms with Crippen LogP contribution in [0.5, 0.6) is 28.7 Å². The molecule has 7 rings (SSSR count). The first-order valence-electron chi connectivity index (χ1n) is 13.6. The van der Waals surface area contributed by atoms with Gasteiger partial charge in [-0.3, -0.25) is 14.6 Å². The monoisotopic (exact) mass is 576 g/mol. The zero-order chi connectivity index (χ0) is 28.1. The van der Waals surface area contributed by atoms with Crippen LogP contribution in [0.1, 0.15) is 38.2 Å². The number of nitrogens with zero attached hydrogens (tertiary/aromatic N) is 2. The van der Waals surface area contributed by atoms with Gasteiger partial charge in [-0.05, 0) is 54.5 Å². The number of hydrogen-bond acceptors (Lipinski definition) is 9. The third-order valence-electron chi connectivity index (χ3n) is 7.90. The lowest BCUT2D eigenvalue weighted by atomic mass is 9.98. The molecule has 3 aromatic rings. The molecule has 0 saturated carbocycles. The number of phenolic OH excluding ortho intramolecular Hbond substituents is 1. The van der Waals surface area contributed by atoms with Crippen molar-refractivity contribution in [3.63, 3.8) is 0 Å². The Bertz CT molecular complexity index is 1580. The SMILES string of the molecule is Cc1cc(O)c(CN2CCN(Cc3ccc4c(c3)OCO4)CC2)c2c1C(=O)/C(=C/c1cc(Cl)cc3c1OCOC3)O2. The van der Waals surface area contributed by atoms with Crippen molar-refractivity contribution in [2.45, 2.75) is 26.6 Å². The Balaban J connectivity index is 1.08. The van der Waals surface area contributed by atoms with Gasteiger partial charge in [0.1, 0.15) is 17.2 Å². The molecule has 9 nitrogen and oxygen atoms in total. The third kappa shape index (κ3) is 4.99. The van der Waals surface area contributed by atoms with Gasteiger partial charge < -0.3 is 28.8 Å². The predicted octanol–water partition coefficient (Wildman–Crippen LogP) is 4.88. The molecular weight excluding hydrogens is 548 g/mol. The summed E-state index contributed by atoms with van der Waals surface area (Å²) in [7, 11) is 0. The van der Waals surface area contributed by atoms with Crippen LogP contribution in [-0.2, 0) is 24.4 Å². The number of phenols is 1. The molecule has 1 fully saturated rings. The number of benzene rings is 3. The Kier molecular flexibility index (Phi) is 6.75. The zero-order valence-corrected chi connectivity index (χ0v) is 23.3. The zero-order valence-electron chi connectivity index (χ0n) is 22.6. The summed E-state index contributed by atoms with van der Waals surface area (Å²) in [5, 5.41) is 11.5. The average molecular weight is 577 g/mol. The van der Waals surface area contributed by atoms with Crippen LogP contribution in [0.15, 0.2) is 42.2 Å². The van der Waals surface area contributed by atoms with Gasteiger partial charge in [-0.25, -0.2) is 0 Å². The maximum absolute atomic E-state index is 13.5. The highest BCUT2D eigenvalue weighted by Gasteiger charge is 2.34. The van der Waals surface area contributed by atoms with E-state index in [9.17, 15) is 9.90 Å². The number of ether oxygens (including phenoxy) is 5. The first-order valence-corrected chi connectivity index (χ1v) is 14.0. The molecule has 0 aliphatic carbocycles. The number of carbonyl (C=O) groups is 1. The van der Waals surface area contributed by atoms with Gasteiger partial charge in [0.05, 0.1) is 17.7 Å². The maximum atomic E-state index is 13.5. The molecule has 0 amide bonds. The van der Waals surface area contributed by atoms with E-state index in [-0.39, 0.29) is 30.9 Å². The third-order valence-corrected chi connectivity index (χ3v) is 8.12. The molecule has 1 saturated heterocycles. The maximum Gasteiger partial charge on any atom is 0.232 e. The quantitative estimate of drug-likeness (QED) is 0.427. The van der Waals surface area contributed by atoms with Gasteiger partial charge in [0.25, 0.3) is 0 Å². The molecule has 4 aliphatic heterocycles. The van der Waals surface area contributed by atoms with Gasteiger partial charge in [-0.15, -0.1) is 0 Å². The van der Waals surface area contributed by atoms with Crippen LogP contribution in [0.25, 0.3) is 6.08 Å². The number of Topliss-reactive ketones (excluding diaryl/α,β-unsaturated/α-hetero) is 1. The van der Waals surface area contributed by atoms with Crippen molar-refractivity contribution >= 4 is 23.5 Å². The molecule has 10 heteroatoms. The van der Waals surface area contributed by atoms with E-state index >= 15 is 0 Å². The van der Waals surface area contributed by atoms with Crippen LogP contribution in [0.4, 0.5) is 0 Å². The highest BCUT2D eigenvalue weighted by atomic mass is 35.5. The largest absolute Gasteiger partial charge is 0.507 e. The van der Waals surface area contributed by atoms with Crippen molar-refractivity contribution in [3.8, 4) is 28.7 Å². The Hall–Kier alpha value is -3.76. The lowest BCUT2D eigenvalue weighted by Crippen LogP contribution is -2.45. The number of rotatable bonds is 5. The molecule has 0 unspecified atom stereocenters. The second-order valence-electron chi connectivity index (χ2n) is 10.7. The number of allylic oxidation sites excluding steroid dienone is 1. The Morgan fingerprint density at radius 2 is 1.71 bits per heavy atom. The summed E-state index contributed by atoms with van der Waals surface area (Å²) in [5.41, 5.74) is 4.40. The summed E-state index contributed by atoms with van der Waals surface area (Å²) < 4.78 is 28.2. The summed E-state index contributed by atoms with van der Waals surface area (Å²) >= 11 is 6.33. The van der Waals surface area contributed by atoms with Crippen LogP contribution in [0, 0.1) is 6.92 Å². The summed E-state index contributed by atoms with van der Waals surface area (Å²) in [6.45, 7) is 7.26. The molecule has 0 aromatic heterocycles. The van der Waals surface area contributed by atoms with Gasteiger partial charge in [0.2, 0.25) is 12.6 Å². The number of ketones is 1. The second-order valence-corrected chi connectivity index (χ2v) is 11.1. The van der Waals surface area contributed by atoms with Gasteiger partial charge in [-0.2, -0.15) is 0 Å². The van der Waals surface area contributed by atoms with Gasteiger partial charge in [0.15, 0.2) is 24.1 Å². The lowest BCUT2D eigenvalue weighted by Gasteiger charge is -2.35. The topological polar surface area (TPSA) is 89.9 Å². The van der Waals surface area contributed by atoms with Gasteiger partial charge >= 0.3 is 0 Å². The number of fused-ring (bicyclic) bond motifs is 3. The Morgan fingerprint density at radius 3 is 2.54 bits per heavy atom. The first kappa shape index (κ1) is 26.2. The predicted molar refractivity (Wildman–Crippen MR) is 151 cm³/mol. The highest BCUT2D eigenvalue weighted by molar-refractivity contribution is 6.31. The van der Waals surface area contributed by atoms with E-state index in [4.69, 9.17) is 35.3 Å². The van der Waals surface area contributed by atoms with Crippen molar-refractivity contribution in [2.75, 3.05) is 39.8 Å². The standard InChI is InChI=1S/C31H29ClN2O7/c1-18-8-24(35)23(14-34-6-4-33(5-7-34)13-19-2-3-25-26(9-19)39-17-38-25)31-28(18)29(36)27(41-31)12-20-10-22(32)11-21-15-37-16-40-30(20)21/h2-3,8-12,35H,4-7,13-17H2,1H3/b27-12-. The molecule has 3 aromatic carbocycles. The van der Waals surface area contributed by atoms with E-state index < -0.39 is 0 Å². The lowest BCUT2D eigenvalue weighted by molar-refractivity contribution is -0.0165. The number of aryl methyl sites for hydroxylation is 1. The van der Waals surface area contributed by atoms with Crippen molar-refractivity contribution in [1.82, 2.24) is 9.80 Å². The van der Waals surface area contributed by atoms with E-state index in [1.807, 2.05) is 19.1 Å². The fourth-order valence-corrected chi connectivity index (χ4v) is 6.07. The van der Waals surface area contributed by atoms with E-state index in [0.717, 1.165) is 49.8 Å². The van der Waals surface area contributed by atoms with E-state index in [0.29, 0.717) is 51.9 Å². The number of aromatic hydroxyl groups is 1. The minimum Gasteiger partial charge on any atom is -0.507 e. The fourth-order valence-electron chi connectivity index (χ4n) is 5.82. The van der Waals surface area contributed by atoms with Crippen LogP contribution in [-0.4, -0.2) is 60.5 Å². The van der Waals surface area contributed by atoms with Crippen LogP contribution in [0.2, 0.25) is 5.02 Å². The molecule has 0 radical (unpaired) electrons. The summed E-state index contributed by atoms with van der Waals surface area (Å²) in [5.74, 6) is 2.69. The van der Waals surface area contributed by atoms with Gasteiger partial charge in [0, 0.05) is 55.4 Å². The molecule has 1 N–H and O–H groups in total. The molecule has 0 bridgehead atoms. The number of hydrogen-bond donors (Lipinski definition) is 1. The molecule has 41 heavy (non-hydrogen) atoms. The number of piperazine rings is 1. The fraction of sp³-hybridized carbons (Fsp3) is 0.323. The van der Waals surface area contributed by atoms with E-state index in [1.54, 1.807) is 24.3 Å². The normalized spacial score (nSPS) is 19.2. The second kappa shape index (κ2) is 10.6. The number of carbonyl (C=O) groups excluding carboxylic acids is 1. The van der Waals surface area contributed by atoms with E-state index in [1.165, 1.54) is 5.56 Å².